The number of hydrogen-bond donors (Lipinski definition) is 0. The number of hydrogen-bond acceptors (Lipinski definition) is 11. The number of halogens is 10. The molecule has 2 fully saturated rings. The lowest BCUT2D eigenvalue weighted by Gasteiger charge is -2.33. The number of para-hydroxylation sites is 1. The van der Waals surface area contributed by atoms with Gasteiger partial charge in [0.25, 0.3) is 0 Å². The fourth-order valence-corrected chi connectivity index (χ4v) is 11.7. The van der Waals surface area contributed by atoms with Crippen molar-refractivity contribution in [1.82, 2.24) is 18.6 Å². The minimum atomic E-state index is -4.96. The second kappa shape index (κ2) is 18.9. The quantitative estimate of drug-likeness (QED) is 0.0801. The van der Waals surface area contributed by atoms with Gasteiger partial charge in [-0.1, -0.05) is 36.4 Å². The van der Waals surface area contributed by atoms with Gasteiger partial charge in [0, 0.05) is 74.2 Å². The molecule has 0 N–H and O–H groups in total. The predicted molar refractivity (Wildman–Crippen MR) is 221 cm³/mol. The van der Waals surface area contributed by atoms with Crippen molar-refractivity contribution >= 4 is 53.0 Å². The van der Waals surface area contributed by atoms with E-state index in [1.54, 1.807) is 15.9 Å². The largest absolute Gasteiger partial charge is 0.496 e. The standard InChI is InChI=1S/C20H16F5N3O3S2.C20H16F5N3O2S2/c1-31-13-5-3-2-4-11(13)12-10-32-20(26-12)27-6-8-28(9-7-27)33(29,30)19-17(24)15(22)14(21)16(23)18(19)25;1-11-4-2-3-5-12(11)13-10-31-20(26-13)27-6-8-28(9-7-27)32(29,30)19-17(24)15(22)14(21)16(23)18(19)25/h2-5,10H,6-9H2,1H3;2-5,10H,6-9H2,1H3. The predicted octanol–water partition coefficient (Wildman–Crippen LogP) is 8.35. The van der Waals surface area contributed by atoms with E-state index >= 15 is 0 Å². The highest BCUT2D eigenvalue weighted by Crippen LogP contribution is 2.36. The Hall–Kier alpha value is -5.34. The van der Waals surface area contributed by atoms with Crippen molar-refractivity contribution in [1.29, 1.82) is 0 Å². The Kier molecular flexibility index (Phi) is 13.8. The van der Waals surface area contributed by atoms with Crippen molar-refractivity contribution in [2.45, 2.75) is 16.7 Å². The molecule has 2 aliphatic heterocycles. The van der Waals surface area contributed by atoms with E-state index in [4.69, 9.17) is 4.74 Å². The minimum absolute atomic E-state index is 0.105. The molecule has 4 aromatic carbocycles. The maximum atomic E-state index is 14.1. The zero-order valence-electron chi connectivity index (χ0n) is 33.6. The van der Waals surface area contributed by atoms with Gasteiger partial charge in [-0.05, 0) is 24.6 Å². The lowest BCUT2D eigenvalue weighted by atomic mass is 10.1. The Balaban J connectivity index is 0.000000194. The van der Waals surface area contributed by atoms with Gasteiger partial charge in [0.05, 0.1) is 18.5 Å². The van der Waals surface area contributed by atoms with Crippen LogP contribution >= 0.6 is 22.7 Å². The molecule has 0 radical (unpaired) electrons. The summed E-state index contributed by atoms with van der Waals surface area (Å²) in [6.45, 7) is 1.56. The second-order valence-corrected chi connectivity index (χ2v) is 19.5. The molecule has 25 heteroatoms. The number of aromatic nitrogens is 2. The summed E-state index contributed by atoms with van der Waals surface area (Å²) in [5.74, 6) is -22.9. The summed E-state index contributed by atoms with van der Waals surface area (Å²) in [6, 6.07) is 15.0. The zero-order valence-corrected chi connectivity index (χ0v) is 36.8. The van der Waals surface area contributed by atoms with Crippen LogP contribution in [0.2, 0.25) is 0 Å². The highest BCUT2D eigenvalue weighted by molar-refractivity contribution is 7.89. The molecule has 6 aromatic rings. The number of anilines is 2. The number of rotatable bonds is 9. The van der Waals surface area contributed by atoms with Crippen LogP contribution < -0.4 is 14.5 Å². The molecule has 0 aliphatic carbocycles. The van der Waals surface area contributed by atoms with E-state index < -0.39 is 88.0 Å². The molecule has 346 valence electrons. The van der Waals surface area contributed by atoms with E-state index in [1.807, 2.05) is 60.1 Å². The van der Waals surface area contributed by atoms with E-state index in [0.717, 1.165) is 22.4 Å². The molecule has 11 nitrogen and oxygen atoms in total. The second-order valence-electron chi connectivity index (χ2n) is 14.1. The lowest BCUT2D eigenvalue weighted by molar-refractivity contribution is 0.344. The number of ether oxygens (including phenoxy) is 1. The number of benzene rings is 4. The lowest BCUT2D eigenvalue weighted by Crippen LogP contribution is -2.49. The maximum Gasteiger partial charge on any atom is 0.249 e. The highest BCUT2D eigenvalue weighted by Gasteiger charge is 2.40. The third-order valence-electron chi connectivity index (χ3n) is 10.3. The molecule has 2 aromatic heterocycles. The van der Waals surface area contributed by atoms with Crippen molar-refractivity contribution in [2.75, 3.05) is 69.3 Å². The SMILES string of the molecule is COc1ccccc1-c1csc(N2CCN(S(=O)(=O)c3c(F)c(F)c(F)c(F)c3F)CC2)n1.Cc1ccccc1-c1csc(N2CCN(S(=O)(=O)c3c(F)c(F)c(F)c(F)c3F)CC2)n1. The van der Waals surface area contributed by atoms with Gasteiger partial charge in [-0.2, -0.15) is 8.61 Å². The monoisotopic (exact) mass is 994 g/mol. The van der Waals surface area contributed by atoms with Gasteiger partial charge in [0.2, 0.25) is 31.7 Å². The van der Waals surface area contributed by atoms with E-state index in [9.17, 15) is 60.7 Å². The number of thiazole rings is 2. The van der Waals surface area contributed by atoms with E-state index in [1.165, 1.54) is 29.8 Å². The number of sulfonamides is 2. The first-order valence-electron chi connectivity index (χ1n) is 18.9. The van der Waals surface area contributed by atoms with Crippen LogP contribution in [0.5, 0.6) is 5.75 Å². The molecule has 0 atom stereocenters. The molecular formula is C40H32F10N6O5S4. The minimum Gasteiger partial charge on any atom is -0.496 e. The topological polar surface area (TPSA) is 116 Å². The Morgan fingerprint density at radius 3 is 1.22 bits per heavy atom. The summed E-state index contributed by atoms with van der Waals surface area (Å²) in [6.07, 6.45) is 0. The first-order valence-corrected chi connectivity index (χ1v) is 23.6. The molecule has 0 amide bonds. The van der Waals surface area contributed by atoms with E-state index in [-0.39, 0.29) is 52.4 Å². The fraction of sp³-hybridized carbons (Fsp3) is 0.250. The summed E-state index contributed by atoms with van der Waals surface area (Å²) >= 11 is 2.68. The van der Waals surface area contributed by atoms with E-state index in [0.29, 0.717) is 30.3 Å². The third kappa shape index (κ3) is 9.00. The van der Waals surface area contributed by atoms with Crippen molar-refractivity contribution in [2.24, 2.45) is 0 Å². The summed E-state index contributed by atoms with van der Waals surface area (Å²) in [4.78, 5) is 9.03. The fourth-order valence-electron chi connectivity index (χ4n) is 6.90. The number of nitrogens with zero attached hydrogens (tertiary/aromatic N) is 6. The average Bonchev–Trinajstić information content (AvgIpc) is 4.01. The summed E-state index contributed by atoms with van der Waals surface area (Å²) in [5, 5.41) is 4.90. The average molecular weight is 995 g/mol. The summed E-state index contributed by atoms with van der Waals surface area (Å²) in [5.41, 5.74) is 4.20. The maximum absolute atomic E-state index is 14.1. The zero-order chi connectivity index (χ0) is 47.1. The molecule has 0 bridgehead atoms. The first-order chi connectivity index (χ1) is 30.8. The Bertz CT molecular complexity index is 2940. The third-order valence-corrected chi connectivity index (χ3v) is 16.0. The number of methoxy groups -OCH3 is 1. The normalized spacial score (nSPS) is 15.3. The van der Waals surface area contributed by atoms with Crippen LogP contribution in [0, 0.1) is 65.1 Å². The summed E-state index contributed by atoms with van der Waals surface area (Å²) in [7, 11) is -8.36. The highest BCUT2D eigenvalue weighted by atomic mass is 32.2. The van der Waals surface area contributed by atoms with Crippen LogP contribution in [0.15, 0.2) is 69.1 Å². The number of aryl methyl sites for hydroxylation is 1. The van der Waals surface area contributed by atoms with Gasteiger partial charge in [0.1, 0.15) is 5.75 Å². The molecule has 0 spiro atoms. The van der Waals surface area contributed by atoms with Crippen LogP contribution in [0.4, 0.5) is 54.2 Å². The Morgan fingerprint density at radius 1 is 0.492 bits per heavy atom. The van der Waals surface area contributed by atoms with Crippen LogP contribution in [0.25, 0.3) is 22.5 Å². The molecule has 0 saturated carbocycles. The molecule has 65 heavy (non-hydrogen) atoms. The van der Waals surface area contributed by atoms with Gasteiger partial charge in [-0.25, -0.2) is 70.7 Å². The van der Waals surface area contributed by atoms with E-state index in [2.05, 4.69) is 9.97 Å². The van der Waals surface area contributed by atoms with Crippen molar-refractivity contribution in [3.05, 3.63) is 123 Å². The van der Waals surface area contributed by atoms with Crippen LogP contribution in [-0.4, -0.2) is 94.9 Å². The van der Waals surface area contributed by atoms with Gasteiger partial charge in [-0.3, -0.25) is 0 Å². The molecule has 2 aliphatic rings. The van der Waals surface area contributed by atoms with Gasteiger partial charge < -0.3 is 14.5 Å². The van der Waals surface area contributed by atoms with Crippen molar-refractivity contribution in [3.63, 3.8) is 0 Å². The molecule has 2 saturated heterocycles. The van der Waals surface area contributed by atoms with Crippen LogP contribution in [0.3, 0.4) is 0 Å². The Morgan fingerprint density at radius 2 is 0.831 bits per heavy atom. The van der Waals surface area contributed by atoms with Crippen LogP contribution in [-0.2, 0) is 20.0 Å². The molecule has 4 heterocycles. The molecule has 8 rings (SSSR count). The molecule has 0 unspecified atom stereocenters. The van der Waals surface area contributed by atoms with Gasteiger partial charge in [-0.15, -0.1) is 22.7 Å². The van der Waals surface area contributed by atoms with Gasteiger partial charge >= 0.3 is 0 Å². The summed E-state index contributed by atoms with van der Waals surface area (Å²) < 4.78 is 194. The number of piperazine rings is 2. The molecular weight excluding hydrogens is 963 g/mol. The van der Waals surface area contributed by atoms with Crippen LogP contribution in [0.1, 0.15) is 5.56 Å². The van der Waals surface area contributed by atoms with Crippen molar-refractivity contribution in [3.8, 4) is 28.3 Å². The van der Waals surface area contributed by atoms with Crippen molar-refractivity contribution < 1.29 is 65.5 Å². The first kappa shape index (κ1) is 47.6. The van der Waals surface area contributed by atoms with Gasteiger partial charge in [0.15, 0.2) is 66.6 Å². The Labute approximate surface area is 372 Å². The smallest absolute Gasteiger partial charge is 0.249 e.